The highest BCUT2D eigenvalue weighted by Gasteiger charge is 2.74. The van der Waals surface area contributed by atoms with Crippen LogP contribution in [0.1, 0.15) is 169 Å². The van der Waals surface area contributed by atoms with E-state index in [-0.39, 0.29) is 57.3 Å². The summed E-state index contributed by atoms with van der Waals surface area (Å²) in [5, 5.41) is 25.0. The third-order valence-electron chi connectivity index (χ3n) is 23.9. The minimum Gasteiger partial charge on any atom is -0.393 e. The Morgan fingerprint density at radius 3 is 1.27 bits per heavy atom. The number of nitrogens with zero attached hydrogens (tertiary/aromatic N) is 2. The first kappa shape index (κ1) is 41.1. The highest BCUT2D eigenvalue weighted by atomic mass is 16.7. The van der Waals surface area contributed by atoms with E-state index in [1.165, 1.54) is 48.5 Å². The van der Waals surface area contributed by atoms with Crippen molar-refractivity contribution in [3.8, 4) is 0 Å². The highest BCUT2D eigenvalue weighted by Crippen LogP contribution is 2.74. The van der Waals surface area contributed by atoms with Crippen LogP contribution in [0.25, 0.3) is 0 Å². The van der Waals surface area contributed by atoms with Crippen LogP contribution in [-0.2, 0) is 44.6 Å². The molecule has 342 valence electrons. The first-order valence-electron chi connectivity index (χ1n) is 26.1. The molecule has 0 radical (unpaired) electrons. The lowest BCUT2D eigenvalue weighted by atomic mass is 9.43. The van der Waals surface area contributed by atoms with Gasteiger partial charge in [0.15, 0.2) is 11.6 Å². The Morgan fingerprint density at radius 2 is 0.903 bits per heavy atom. The molecule has 62 heavy (non-hydrogen) atoms. The van der Waals surface area contributed by atoms with Gasteiger partial charge in [-0.15, -0.1) is 0 Å². The lowest BCUT2D eigenvalue weighted by molar-refractivity contribution is -0.256. The quantitative estimate of drug-likeness (QED) is 0.266. The van der Waals surface area contributed by atoms with Crippen LogP contribution < -0.4 is 0 Å². The summed E-state index contributed by atoms with van der Waals surface area (Å²) < 4.78 is 27.6. The fourth-order valence-electron chi connectivity index (χ4n) is 20.8. The maximum atomic E-state index is 12.5. The Hall–Kier alpha value is -1.16. The van der Waals surface area contributed by atoms with Gasteiger partial charge in [0.05, 0.1) is 58.4 Å². The van der Waals surface area contributed by atoms with E-state index in [0.717, 1.165) is 77.0 Å². The summed E-state index contributed by atoms with van der Waals surface area (Å²) in [6.07, 6.45) is 16.8. The van der Waals surface area contributed by atoms with Gasteiger partial charge in [-0.3, -0.25) is 9.97 Å². The Labute approximate surface area is 372 Å². The number of rotatable bonds is 0. The average molecular weight is 853 g/mol. The molecule has 13 rings (SSSR count). The lowest BCUT2D eigenvalue weighted by Crippen LogP contribution is -2.60. The van der Waals surface area contributed by atoms with E-state index in [2.05, 4.69) is 69.2 Å². The van der Waals surface area contributed by atoms with Crippen LogP contribution in [0.4, 0.5) is 0 Å². The van der Waals surface area contributed by atoms with Crippen LogP contribution in [0.3, 0.4) is 0 Å². The molecule has 10 fully saturated rings. The predicted molar refractivity (Wildman–Crippen MR) is 235 cm³/mol. The number of ether oxygens (including phenoxy) is 4. The van der Waals surface area contributed by atoms with Crippen LogP contribution >= 0.6 is 0 Å². The molecule has 12 aliphatic rings. The third-order valence-corrected chi connectivity index (χ3v) is 23.9. The van der Waals surface area contributed by atoms with Crippen molar-refractivity contribution in [1.82, 2.24) is 9.97 Å². The molecule has 0 aromatic carbocycles. The molecule has 1 aromatic heterocycles. The van der Waals surface area contributed by atoms with Gasteiger partial charge in [-0.1, -0.05) is 41.5 Å². The zero-order valence-corrected chi connectivity index (χ0v) is 40.0. The minimum atomic E-state index is -0.482. The molecule has 1 aromatic rings. The van der Waals surface area contributed by atoms with E-state index >= 15 is 0 Å². The van der Waals surface area contributed by atoms with Crippen LogP contribution in [-0.4, -0.2) is 67.4 Å². The van der Waals surface area contributed by atoms with Crippen molar-refractivity contribution in [3.63, 3.8) is 0 Å². The second-order valence-corrected chi connectivity index (χ2v) is 27.1. The number of aliphatic hydroxyl groups excluding tert-OH is 2. The summed E-state index contributed by atoms with van der Waals surface area (Å²) in [4.78, 5) is 11.4. The monoisotopic (exact) mass is 853 g/mol. The number of aromatic nitrogens is 2. The molecule has 4 saturated heterocycles. The molecular formula is C54H80N2O6. The summed E-state index contributed by atoms with van der Waals surface area (Å²) in [5.41, 5.74) is 4.79. The van der Waals surface area contributed by atoms with Gasteiger partial charge in [-0.2, -0.15) is 0 Å². The van der Waals surface area contributed by atoms with Gasteiger partial charge in [0.25, 0.3) is 0 Å². The van der Waals surface area contributed by atoms with E-state index < -0.39 is 11.6 Å². The molecule has 0 bridgehead atoms. The Kier molecular flexibility index (Phi) is 8.27. The first-order chi connectivity index (χ1) is 29.1. The number of aliphatic hydroxyl groups is 2. The SMILES string of the molecule is C[C@H]1[C@H]2[C@H](C[C@@H]3[C@@H]4CC[C@H]5Cc6nc7c(nc6C[C@]5(C)[C@H]4C[C@@H](O)[C@]23C)C[C@@H]2CC[C@H]3[C@H]4CC5O[C@@]6(CCC(C)(C)O6)[C@@H](C)[C@@H]5[C@@]4(C)[C@H](O)C[C@@H]3[C@@]2(C)C7)O[C@@]12CCC(C)(C)O2. The zero-order chi connectivity index (χ0) is 43.1. The standard InChI is InChI=1S/C54H80N2O6/c1-27-45-41(59-53(27)17-15-47(3,4)61-53)21-35-31-13-11-29-19-37-39(25-49(29,7)33(31)23-43(57)51(35,45)9)55-38-20-30-12-14-32-34(50(30,8)26-40(38)56-37)24-44(58)52(10)36(32)22-42-46(52)28(2)54(60-42)18-16-48(5,6)62-54/h27-36,41-46,57-58H,11-26H2,1-10H3/t27-,28-,29-,30-,31+,32+,33-,34-,35+,36+,41-,42?,43+,44+,45-,46-,49-,50-,51+,52+,53+,54+/m0/s1. The largest absolute Gasteiger partial charge is 0.393 e. The van der Waals surface area contributed by atoms with E-state index in [4.69, 9.17) is 28.9 Å². The summed E-state index contributed by atoms with van der Waals surface area (Å²) in [6, 6.07) is 0. The third kappa shape index (κ3) is 4.98. The van der Waals surface area contributed by atoms with Crippen LogP contribution in [0, 0.1) is 92.7 Å². The molecule has 8 nitrogen and oxygen atoms in total. The molecule has 1 unspecified atom stereocenters. The number of hydrogen-bond donors (Lipinski definition) is 2. The second-order valence-electron chi connectivity index (χ2n) is 27.1. The molecule has 2 N–H and O–H groups in total. The highest BCUT2D eigenvalue weighted by molar-refractivity contribution is 5.32. The van der Waals surface area contributed by atoms with Gasteiger partial charge < -0.3 is 29.2 Å². The number of hydrogen-bond acceptors (Lipinski definition) is 8. The van der Waals surface area contributed by atoms with Crippen molar-refractivity contribution >= 4 is 0 Å². The second kappa shape index (κ2) is 12.5. The van der Waals surface area contributed by atoms with Crippen molar-refractivity contribution in [2.75, 3.05) is 0 Å². The van der Waals surface area contributed by atoms with Gasteiger partial charge in [0.1, 0.15) is 0 Å². The maximum Gasteiger partial charge on any atom is 0.172 e. The topological polar surface area (TPSA) is 103 Å². The smallest absolute Gasteiger partial charge is 0.172 e. The predicted octanol–water partition coefficient (Wildman–Crippen LogP) is 9.43. The van der Waals surface area contributed by atoms with Crippen LogP contribution in [0.15, 0.2) is 0 Å². The van der Waals surface area contributed by atoms with Crippen molar-refractivity contribution in [1.29, 1.82) is 0 Å². The van der Waals surface area contributed by atoms with Crippen molar-refractivity contribution in [3.05, 3.63) is 22.8 Å². The summed E-state index contributed by atoms with van der Waals surface area (Å²) in [7, 11) is 0. The van der Waals surface area contributed by atoms with Gasteiger partial charge >= 0.3 is 0 Å². The van der Waals surface area contributed by atoms with Crippen molar-refractivity contribution < 1.29 is 29.2 Å². The lowest BCUT2D eigenvalue weighted by Gasteiger charge is -2.62. The van der Waals surface area contributed by atoms with E-state index in [9.17, 15) is 10.2 Å². The van der Waals surface area contributed by atoms with Crippen molar-refractivity contribution in [2.45, 2.75) is 219 Å². The molecule has 8 heteroatoms. The van der Waals surface area contributed by atoms with Gasteiger partial charge in [-0.25, -0.2) is 0 Å². The molecule has 22 atom stereocenters. The van der Waals surface area contributed by atoms with E-state index in [0.29, 0.717) is 71.0 Å². The Morgan fingerprint density at radius 1 is 0.500 bits per heavy atom. The summed E-state index contributed by atoms with van der Waals surface area (Å²) >= 11 is 0. The zero-order valence-electron chi connectivity index (χ0n) is 40.0. The fraction of sp³-hybridized carbons (Fsp3) is 0.926. The van der Waals surface area contributed by atoms with Gasteiger partial charge in [-0.05, 0) is 176 Å². The molecule has 5 heterocycles. The number of fused-ring (bicyclic) bond motifs is 16. The molecule has 4 aliphatic heterocycles. The minimum absolute atomic E-state index is 0.123. The van der Waals surface area contributed by atoms with E-state index in [1.54, 1.807) is 0 Å². The average Bonchev–Trinajstić information content (AvgIpc) is 3.99. The first-order valence-corrected chi connectivity index (χ1v) is 26.1. The molecule has 6 saturated carbocycles. The fourth-order valence-corrected chi connectivity index (χ4v) is 20.8. The Balaban J connectivity index is 0.748. The van der Waals surface area contributed by atoms with Crippen molar-refractivity contribution in [2.24, 2.45) is 92.7 Å². The van der Waals surface area contributed by atoms with Crippen LogP contribution in [0.5, 0.6) is 0 Å². The molecule has 0 amide bonds. The molecular weight excluding hydrogens is 773 g/mol. The Bertz CT molecular complexity index is 1930. The normalized spacial score (nSPS) is 59.3. The van der Waals surface area contributed by atoms with E-state index in [1.807, 2.05) is 0 Å². The summed E-state index contributed by atoms with van der Waals surface area (Å²) in [5.74, 6) is 4.69. The maximum absolute atomic E-state index is 12.5. The van der Waals surface area contributed by atoms with Gasteiger partial charge in [0.2, 0.25) is 0 Å². The molecule has 8 aliphatic carbocycles. The molecule has 2 spiro atoms. The van der Waals surface area contributed by atoms with Crippen LogP contribution in [0.2, 0.25) is 0 Å². The van der Waals surface area contributed by atoms with Gasteiger partial charge in [0, 0.05) is 47.3 Å². The summed E-state index contributed by atoms with van der Waals surface area (Å²) in [6.45, 7) is 23.7.